The van der Waals surface area contributed by atoms with E-state index in [1.165, 1.54) is 4.90 Å². The summed E-state index contributed by atoms with van der Waals surface area (Å²) in [6.45, 7) is 0.422. The molecule has 1 unspecified atom stereocenters. The normalized spacial score (nSPS) is 18.8. The van der Waals surface area contributed by atoms with Gasteiger partial charge < -0.3 is 0 Å². The van der Waals surface area contributed by atoms with Crippen LogP contribution in [-0.2, 0) is 11.0 Å². The Bertz CT molecular complexity index is 614. The highest BCUT2D eigenvalue weighted by Gasteiger charge is 2.35. The minimum Gasteiger partial charge on any atom is -0.296 e. The van der Waals surface area contributed by atoms with Gasteiger partial charge in [-0.1, -0.05) is 5.11 Å². The Kier molecular flexibility index (Phi) is 4.38. The maximum atomic E-state index is 12.6. The summed E-state index contributed by atoms with van der Waals surface area (Å²) >= 11 is 3.01. The molecule has 0 spiro atoms. The number of rotatable bonds is 3. The van der Waals surface area contributed by atoms with Crippen LogP contribution < -0.4 is 4.90 Å². The van der Waals surface area contributed by atoms with Crippen LogP contribution in [0.3, 0.4) is 0 Å². The van der Waals surface area contributed by atoms with Crippen molar-refractivity contribution in [2.45, 2.75) is 12.6 Å². The lowest BCUT2D eigenvalue weighted by atomic mass is 10.1. The van der Waals surface area contributed by atoms with Crippen LogP contribution in [0.4, 0.5) is 19.0 Å². The van der Waals surface area contributed by atoms with Gasteiger partial charge in [-0.3, -0.25) is 9.69 Å². The first-order valence-corrected chi connectivity index (χ1v) is 6.66. The molecule has 2 rings (SSSR count). The predicted octanol–water partition coefficient (Wildman–Crippen LogP) is 3.53. The van der Waals surface area contributed by atoms with E-state index in [-0.39, 0.29) is 41.6 Å². The highest BCUT2D eigenvalue weighted by molar-refractivity contribution is 9.10. The number of aromatic nitrogens is 1. The Morgan fingerprint density at radius 2 is 2.29 bits per heavy atom. The number of pyridine rings is 1. The van der Waals surface area contributed by atoms with Gasteiger partial charge in [0.15, 0.2) is 0 Å². The van der Waals surface area contributed by atoms with Gasteiger partial charge in [-0.2, -0.15) is 13.2 Å². The standard InChI is InChI=1S/C11H9BrF3N5O/c12-8-2-7(11(13,14)15)4-17-10(8)20-5-6(1-9(20)21)3-18-19-16/h2,4,6H,1,3,5H2. The molecule has 1 aliphatic heterocycles. The van der Waals surface area contributed by atoms with Crippen LogP contribution in [0.25, 0.3) is 10.4 Å². The van der Waals surface area contributed by atoms with Crippen molar-refractivity contribution in [3.8, 4) is 0 Å². The van der Waals surface area contributed by atoms with Crippen LogP contribution >= 0.6 is 15.9 Å². The van der Waals surface area contributed by atoms with Crippen LogP contribution in [0.15, 0.2) is 21.9 Å². The van der Waals surface area contributed by atoms with Gasteiger partial charge in [0.2, 0.25) is 5.91 Å². The second kappa shape index (κ2) is 5.90. The number of hydrogen-bond donors (Lipinski definition) is 0. The summed E-state index contributed by atoms with van der Waals surface area (Å²) in [6, 6.07) is 0.885. The molecule has 0 radical (unpaired) electrons. The molecule has 0 aromatic carbocycles. The molecule has 1 aromatic rings. The molecule has 1 amide bonds. The zero-order valence-corrected chi connectivity index (χ0v) is 12.1. The van der Waals surface area contributed by atoms with Crippen molar-refractivity contribution >= 4 is 27.7 Å². The Labute approximate surface area is 125 Å². The number of amides is 1. The van der Waals surface area contributed by atoms with E-state index >= 15 is 0 Å². The number of azide groups is 1. The lowest BCUT2D eigenvalue weighted by Gasteiger charge is -2.18. The quantitative estimate of drug-likeness (QED) is 0.467. The first-order chi connectivity index (χ1) is 9.82. The summed E-state index contributed by atoms with van der Waals surface area (Å²) in [5.74, 6) is -0.290. The van der Waals surface area contributed by atoms with Crippen LogP contribution in [0, 0.1) is 5.92 Å². The van der Waals surface area contributed by atoms with Gasteiger partial charge in [-0.05, 0) is 33.4 Å². The zero-order valence-electron chi connectivity index (χ0n) is 10.5. The first kappa shape index (κ1) is 15.6. The van der Waals surface area contributed by atoms with Crippen molar-refractivity contribution in [3.63, 3.8) is 0 Å². The molecule has 1 fully saturated rings. The topological polar surface area (TPSA) is 82.0 Å². The average Bonchev–Trinajstić information content (AvgIpc) is 2.76. The predicted molar refractivity (Wildman–Crippen MR) is 71.4 cm³/mol. The van der Waals surface area contributed by atoms with E-state index in [4.69, 9.17) is 5.53 Å². The summed E-state index contributed by atoms with van der Waals surface area (Å²) in [6.07, 6.45) is -3.63. The third-order valence-corrected chi connectivity index (χ3v) is 3.60. The fraction of sp³-hybridized carbons (Fsp3) is 0.455. The number of halogens is 4. The summed E-state index contributed by atoms with van der Waals surface area (Å²) < 4.78 is 37.8. The van der Waals surface area contributed by atoms with Gasteiger partial charge >= 0.3 is 6.18 Å². The number of carbonyl (C=O) groups is 1. The molecule has 1 saturated heterocycles. The maximum Gasteiger partial charge on any atom is 0.417 e. The molecule has 10 heteroatoms. The van der Waals surface area contributed by atoms with Crippen LogP contribution in [0.2, 0.25) is 0 Å². The Morgan fingerprint density at radius 3 is 2.86 bits per heavy atom. The largest absolute Gasteiger partial charge is 0.417 e. The number of carbonyl (C=O) groups excluding carboxylic acids is 1. The number of nitrogens with zero attached hydrogens (tertiary/aromatic N) is 5. The van der Waals surface area contributed by atoms with Gasteiger partial charge in [-0.25, -0.2) is 4.98 Å². The average molecular weight is 364 g/mol. The van der Waals surface area contributed by atoms with Crippen LogP contribution in [-0.4, -0.2) is 24.0 Å². The zero-order chi connectivity index (χ0) is 15.6. The number of anilines is 1. The minimum absolute atomic E-state index is 0.0927. The monoisotopic (exact) mass is 363 g/mol. The molecule has 1 atom stereocenters. The lowest BCUT2D eigenvalue weighted by Crippen LogP contribution is -2.26. The van der Waals surface area contributed by atoms with Gasteiger partial charge in [-0.15, -0.1) is 0 Å². The third kappa shape index (κ3) is 3.45. The highest BCUT2D eigenvalue weighted by atomic mass is 79.9. The fourth-order valence-electron chi connectivity index (χ4n) is 2.04. The summed E-state index contributed by atoms with van der Waals surface area (Å²) in [5.41, 5.74) is 7.37. The van der Waals surface area contributed by atoms with Crippen molar-refractivity contribution in [3.05, 3.63) is 32.7 Å². The van der Waals surface area contributed by atoms with Crippen molar-refractivity contribution in [2.75, 3.05) is 18.0 Å². The third-order valence-electron chi connectivity index (χ3n) is 3.01. The molecule has 0 aliphatic carbocycles. The van der Waals surface area contributed by atoms with Crippen LogP contribution in [0.5, 0.6) is 0 Å². The van der Waals surface area contributed by atoms with E-state index in [0.717, 1.165) is 6.07 Å². The van der Waals surface area contributed by atoms with Crippen molar-refractivity contribution in [2.24, 2.45) is 11.0 Å². The lowest BCUT2D eigenvalue weighted by molar-refractivity contribution is -0.137. The number of hydrogen-bond acceptors (Lipinski definition) is 3. The Hall–Kier alpha value is -1.80. The van der Waals surface area contributed by atoms with E-state index < -0.39 is 11.7 Å². The summed E-state index contributed by atoms with van der Waals surface area (Å²) in [4.78, 5) is 19.5. The summed E-state index contributed by atoms with van der Waals surface area (Å²) in [5, 5.41) is 3.41. The van der Waals surface area contributed by atoms with Gasteiger partial charge in [0.25, 0.3) is 0 Å². The summed E-state index contributed by atoms with van der Waals surface area (Å²) in [7, 11) is 0. The molecule has 6 nitrogen and oxygen atoms in total. The highest BCUT2D eigenvalue weighted by Crippen LogP contribution is 2.35. The Morgan fingerprint density at radius 1 is 1.57 bits per heavy atom. The molecule has 0 bridgehead atoms. The Balaban J connectivity index is 2.23. The molecule has 1 aliphatic rings. The molecule has 1 aromatic heterocycles. The van der Waals surface area contributed by atoms with Gasteiger partial charge in [0.1, 0.15) is 5.82 Å². The second-order valence-corrected chi connectivity index (χ2v) is 5.37. The molecule has 21 heavy (non-hydrogen) atoms. The maximum absolute atomic E-state index is 12.6. The van der Waals surface area contributed by atoms with E-state index in [9.17, 15) is 18.0 Å². The van der Waals surface area contributed by atoms with E-state index in [2.05, 4.69) is 30.9 Å². The van der Waals surface area contributed by atoms with Gasteiger partial charge in [0.05, 0.1) is 10.0 Å². The molecule has 112 valence electrons. The van der Waals surface area contributed by atoms with Crippen LogP contribution in [0.1, 0.15) is 12.0 Å². The molecule has 0 N–H and O–H groups in total. The fourth-order valence-corrected chi connectivity index (χ4v) is 2.61. The van der Waals surface area contributed by atoms with Crippen molar-refractivity contribution in [1.29, 1.82) is 0 Å². The molecular weight excluding hydrogens is 355 g/mol. The SMILES string of the molecule is [N-]=[N+]=NCC1CC(=O)N(c2ncc(C(F)(F)F)cc2Br)C1. The van der Waals surface area contributed by atoms with Gasteiger partial charge in [0, 0.05) is 30.6 Å². The second-order valence-electron chi connectivity index (χ2n) is 4.52. The molecule has 0 saturated carbocycles. The first-order valence-electron chi connectivity index (χ1n) is 5.87. The molecular formula is C11H9BrF3N5O. The van der Waals surface area contributed by atoms with Crippen molar-refractivity contribution < 1.29 is 18.0 Å². The minimum atomic E-state index is -4.49. The number of alkyl halides is 3. The van der Waals surface area contributed by atoms with E-state index in [1.807, 2.05) is 0 Å². The van der Waals surface area contributed by atoms with Crippen molar-refractivity contribution in [1.82, 2.24) is 4.98 Å². The van der Waals surface area contributed by atoms with E-state index in [0.29, 0.717) is 6.20 Å². The molecule has 2 heterocycles. The smallest absolute Gasteiger partial charge is 0.296 e. The van der Waals surface area contributed by atoms with E-state index in [1.54, 1.807) is 0 Å².